The molecule has 2 aliphatic carbocycles. The normalized spacial score (nSPS) is 16.0. The molecule has 1 aliphatic heterocycles. The van der Waals surface area contributed by atoms with E-state index in [1.54, 1.807) is 25.3 Å². The number of benzene rings is 4. The summed E-state index contributed by atoms with van der Waals surface area (Å²) < 4.78 is 0. The lowest BCUT2D eigenvalue weighted by molar-refractivity contribution is -0.385. The maximum atomic E-state index is 13.7. The number of nitrogens with one attached hydrogen (secondary N) is 1. The van der Waals surface area contributed by atoms with Crippen molar-refractivity contribution in [3.8, 4) is 11.1 Å². The van der Waals surface area contributed by atoms with Crippen LogP contribution in [0.3, 0.4) is 0 Å². The number of rotatable bonds is 3. The van der Waals surface area contributed by atoms with E-state index < -0.39 is 4.92 Å². The number of ketones is 1. The fourth-order valence-corrected chi connectivity index (χ4v) is 6.22. The van der Waals surface area contributed by atoms with Crippen molar-refractivity contribution >= 4 is 29.1 Å². The van der Waals surface area contributed by atoms with Crippen LogP contribution in [0, 0.1) is 17.0 Å². The molecule has 6 heteroatoms. The number of anilines is 1. The first-order chi connectivity index (χ1) is 20.0. The number of para-hydroxylation sites is 2. The molecule has 1 N–H and O–H groups in total. The maximum Gasteiger partial charge on any atom is 0.272 e. The highest BCUT2D eigenvalue weighted by atomic mass is 16.6. The van der Waals surface area contributed by atoms with Crippen LogP contribution in [0.25, 0.3) is 11.1 Å². The number of aryl methyl sites for hydroxylation is 2. The van der Waals surface area contributed by atoms with Crippen LogP contribution in [-0.4, -0.2) is 16.9 Å². The number of Topliss-reactive ketones (excluding diaryl/α,β-unsaturated/α-hetero) is 1. The highest BCUT2D eigenvalue weighted by Gasteiger charge is 2.34. The van der Waals surface area contributed by atoms with Gasteiger partial charge in [0.25, 0.3) is 5.69 Å². The topological polar surface area (TPSA) is 84.6 Å². The van der Waals surface area contributed by atoms with Crippen molar-refractivity contribution in [1.82, 2.24) is 0 Å². The van der Waals surface area contributed by atoms with E-state index in [9.17, 15) is 14.9 Å². The summed E-state index contributed by atoms with van der Waals surface area (Å²) in [5.74, 6) is -0.188. The molecule has 204 valence electrons. The number of nitro benzene ring substituents is 1. The summed E-state index contributed by atoms with van der Waals surface area (Å²) in [4.78, 5) is 28.7. The van der Waals surface area contributed by atoms with Gasteiger partial charge in [-0.25, -0.2) is 0 Å². The summed E-state index contributed by atoms with van der Waals surface area (Å²) in [5, 5.41) is 14.3. The van der Waals surface area contributed by atoms with Gasteiger partial charge in [-0.3, -0.25) is 19.9 Å². The van der Waals surface area contributed by atoms with Crippen molar-refractivity contribution in [2.45, 2.75) is 44.9 Å². The van der Waals surface area contributed by atoms with E-state index in [4.69, 9.17) is 0 Å². The average molecular weight is 542 g/mol. The lowest BCUT2D eigenvalue weighted by Crippen LogP contribution is -2.23. The second-order valence-electron chi connectivity index (χ2n) is 10.7. The Labute approximate surface area is 239 Å². The first kappa shape index (κ1) is 26.4. The zero-order valence-corrected chi connectivity index (χ0v) is 23.0. The molecule has 6 nitrogen and oxygen atoms in total. The average Bonchev–Trinajstić information content (AvgIpc) is 3.26. The second kappa shape index (κ2) is 11.3. The minimum atomic E-state index is -0.397. The number of nitro groups is 1. The molecular weight excluding hydrogens is 510 g/mol. The van der Waals surface area contributed by atoms with Crippen molar-refractivity contribution in [3.05, 3.63) is 135 Å². The van der Waals surface area contributed by atoms with Gasteiger partial charge in [0.1, 0.15) is 0 Å². The first-order valence-corrected chi connectivity index (χ1v) is 14.1. The van der Waals surface area contributed by atoms with E-state index in [1.807, 2.05) is 42.6 Å². The molecule has 0 saturated carbocycles. The number of carbonyl (C=O) groups is 1. The van der Waals surface area contributed by atoms with Crippen LogP contribution in [0.2, 0.25) is 0 Å². The minimum Gasteiger partial charge on any atom is -0.360 e. The highest BCUT2D eigenvalue weighted by Crippen LogP contribution is 2.45. The van der Waals surface area contributed by atoms with Gasteiger partial charge in [-0.2, -0.15) is 0 Å². The second-order valence-corrected chi connectivity index (χ2v) is 10.7. The molecule has 0 amide bonds. The summed E-state index contributed by atoms with van der Waals surface area (Å²) in [6, 6.07) is 25.5. The molecule has 1 atom stereocenters. The van der Waals surface area contributed by atoms with Gasteiger partial charge in [-0.1, -0.05) is 48.5 Å². The monoisotopic (exact) mass is 541 g/mol. The molecule has 0 aromatic heterocycles. The molecule has 1 heterocycles. The van der Waals surface area contributed by atoms with Crippen LogP contribution >= 0.6 is 0 Å². The Morgan fingerprint density at radius 2 is 1.73 bits per heavy atom. The van der Waals surface area contributed by atoms with Gasteiger partial charge >= 0.3 is 0 Å². The minimum absolute atomic E-state index is 0.0540. The molecule has 0 spiro atoms. The van der Waals surface area contributed by atoms with Crippen molar-refractivity contribution in [2.75, 3.05) is 5.32 Å². The predicted octanol–water partition coefficient (Wildman–Crippen LogP) is 8.30. The number of hydrogen-bond acceptors (Lipinski definition) is 5. The lowest BCUT2D eigenvalue weighted by Gasteiger charge is -2.32. The fourth-order valence-electron chi connectivity index (χ4n) is 6.22. The third kappa shape index (κ3) is 5.21. The molecule has 3 aliphatic rings. The molecule has 0 saturated heterocycles. The summed E-state index contributed by atoms with van der Waals surface area (Å²) in [5.41, 5.74) is 10.7. The number of fused-ring (bicyclic) bond motifs is 6. The molecule has 41 heavy (non-hydrogen) atoms. The van der Waals surface area contributed by atoms with Gasteiger partial charge in [-0.15, -0.1) is 0 Å². The Kier molecular flexibility index (Phi) is 7.30. The highest BCUT2D eigenvalue weighted by molar-refractivity contribution is 6.04. The third-order valence-corrected chi connectivity index (χ3v) is 8.19. The van der Waals surface area contributed by atoms with Gasteiger partial charge < -0.3 is 5.32 Å². The van der Waals surface area contributed by atoms with Crippen LogP contribution in [0.4, 0.5) is 17.1 Å². The van der Waals surface area contributed by atoms with E-state index in [1.165, 1.54) is 45.9 Å². The van der Waals surface area contributed by atoms with Gasteiger partial charge in [0.05, 0.1) is 22.2 Å². The molecule has 7 rings (SSSR count). The molecule has 4 aromatic rings. The Morgan fingerprint density at radius 3 is 2.59 bits per heavy atom. The zero-order chi connectivity index (χ0) is 28.3. The molecular formula is C35H31N3O3. The van der Waals surface area contributed by atoms with E-state index in [2.05, 4.69) is 40.6 Å². The molecule has 4 aromatic carbocycles. The first-order valence-electron chi connectivity index (χ1n) is 14.1. The van der Waals surface area contributed by atoms with Crippen molar-refractivity contribution in [2.24, 2.45) is 4.99 Å². The molecule has 0 fully saturated rings. The quantitative estimate of drug-likeness (QED) is 0.161. The van der Waals surface area contributed by atoms with Crippen LogP contribution < -0.4 is 5.32 Å². The summed E-state index contributed by atoms with van der Waals surface area (Å²) >= 11 is 0. The van der Waals surface area contributed by atoms with Crippen molar-refractivity contribution in [3.63, 3.8) is 0 Å². The van der Waals surface area contributed by atoms with Gasteiger partial charge in [0.2, 0.25) is 0 Å². The Bertz CT molecular complexity index is 1720. The molecule has 0 bridgehead atoms. The van der Waals surface area contributed by atoms with Crippen molar-refractivity contribution < 1.29 is 9.72 Å². The number of allylic oxidation sites excluding steroid dienone is 1. The standard InChI is InChI=1S/C26H23NO3.C9H8N2/c1-16-14-19(11-13-24(16)27(29)30)26(28)23-15-18-7-3-4-8-20(18)22-12-10-17-6-2-5-9-21(17)25(22)23;1-2-5-9-8(4-1)10-6-3-7-11-9/h3-4,7-8,10-14,23H,2,5-6,9,15H2,1H3;1-7,10H. The van der Waals surface area contributed by atoms with Crippen LogP contribution in [0.5, 0.6) is 0 Å². The molecule has 1 unspecified atom stereocenters. The lowest BCUT2D eigenvalue weighted by atomic mass is 9.71. The predicted molar refractivity (Wildman–Crippen MR) is 164 cm³/mol. The SMILES string of the molecule is C1=CNc2ccccc2N=C1.Cc1cc(C(=O)C2Cc3ccccc3-c3ccc4c(c32)CCCC4)ccc1[N+](=O)[O-]. The maximum absolute atomic E-state index is 13.7. The number of nitrogens with zero attached hydrogens (tertiary/aromatic N) is 2. The number of hydrogen-bond donors (Lipinski definition) is 1. The summed E-state index contributed by atoms with van der Waals surface area (Å²) in [6.45, 7) is 1.70. The number of aliphatic imine (C=N–C) groups is 1. The Morgan fingerprint density at radius 1 is 0.927 bits per heavy atom. The van der Waals surface area contributed by atoms with Crippen LogP contribution in [-0.2, 0) is 19.3 Å². The van der Waals surface area contributed by atoms with Gasteiger partial charge in [0.15, 0.2) is 5.78 Å². The van der Waals surface area contributed by atoms with E-state index >= 15 is 0 Å². The van der Waals surface area contributed by atoms with E-state index in [0.29, 0.717) is 17.5 Å². The zero-order valence-electron chi connectivity index (χ0n) is 23.0. The van der Waals surface area contributed by atoms with Crippen LogP contribution in [0.1, 0.15) is 56.9 Å². The Balaban J connectivity index is 0.000000229. The summed E-state index contributed by atoms with van der Waals surface area (Å²) in [7, 11) is 0. The largest absolute Gasteiger partial charge is 0.360 e. The van der Waals surface area contributed by atoms with Crippen LogP contribution in [0.15, 0.2) is 96.1 Å². The summed E-state index contributed by atoms with van der Waals surface area (Å²) in [6.07, 6.45) is 10.6. The fraction of sp³-hybridized carbons (Fsp3) is 0.200. The molecule has 0 radical (unpaired) electrons. The smallest absolute Gasteiger partial charge is 0.272 e. The van der Waals surface area contributed by atoms with Crippen molar-refractivity contribution in [1.29, 1.82) is 0 Å². The Hall–Kier alpha value is -4.84. The number of carbonyl (C=O) groups excluding carboxylic acids is 1. The van der Waals surface area contributed by atoms with Gasteiger partial charge in [0, 0.05) is 29.6 Å². The van der Waals surface area contributed by atoms with Gasteiger partial charge in [-0.05, 0) is 103 Å². The third-order valence-electron chi connectivity index (χ3n) is 8.19. The van der Waals surface area contributed by atoms with E-state index in [0.717, 1.165) is 30.6 Å². The van der Waals surface area contributed by atoms with E-state index in [-0.39, 0.29) is 17.4 Å².